The van der Waals surface area contributed by atoms with Crippen LogP contribution in [0.15, 0.2) is 97.2 Å². The highest BCUT2D eigenvalue weighted by atomic mass is 16.7. The number of carboxylic acid groups (broad SMARTS) is 1. The van der Waals surface area contributed by atoms with Gasteiger partial charge in [0.15, 0.2) is 12.4 Å². The van der Waals surface area contributed by atoms with Gasteiger partial charge in [-0.2, -0.15) is 0 Å². The van der Waals surface area contributed by atoms with Crippen LogP contribution in [-0.2, 0) is 33.3 Å². The van der Waals surface area contributed by atoms with Crippen molar-refractivity contribution in [3.63, 3.8) is 0 Å². The van der Waals surface area contributed by atoms with Crippen molar-refractivity contribution in [2.75, 3.05) is 47.5 Å². The van der Waals surface area contributed by atoms with Crippen LogP contribution in [0.4, 0.5) is 0 Å². The lowest BCUT2D eigenvalue weighted by atomic mass is 10.0. The van der Waals surface area contributed by atoms with Gasteiger partial charge in [-0.1, -0.05) is 349 Å². The van der Waals surface area contributed by atoms with Crippen LogP contribution >= 0.6 is 0 Å². The summed E-state index contributed by atoms with van der Waals surface area (Å²) < 4.78 is 22.9. The number of hydrogen-bond acceptors (Lipinski definition) is 8. The van der Waals surface area contributed by atoms with Gasteiger partial charge in [0.05, 0.1) is 40.3 Å². The molecule has 0 fully saturated rings. The zero-order chi connectivity index (χ0) is 67.5. The smallest absolute Gasteiger partial charge is 0.306 e. The zero-order valence-corrected chi connectivity index (χ0v) is 61.6. The van der Waals surface area contributed by atoms with Gasteiger partial charge in [-0.25, -0.2) is 0 Å². The summed E-state index contributed by atoms with van der Waals surface area (Å²) in [5.41, 5.74) is 0. The molecule has 9 nitrogen and oxygen atoms in total. The molecule has 0 spiro atoms. The first-order valence-electron chi connectivity index (χ1n) is 39.4. The maximum absolute atomic E-state index is 13.0. The maximum atomic E-state index is 13.0. The van der Waals surface area contributed by atoms with Gasteiger partial charge < -0.3 is 33.3 Å². The van der Waals surface area contributed by atoms with Crippen LogP contribution < -0.4 is 5.11 Å². The normalized spacial score (nSPS) is 13.2. The van der Waals surface area contributed by atoms with Gasteiger partial charge in [0, 0.05) is 12.8 Å². The van der Waals surface area contributed by atoms with Gasteiger partial charge >= 0.3 is 11.9 Å². The minimum absolute atomic E-state index is 0.147. The minimum atomic E-state index is -1.62. The first-order chi connectivity index (χ1) is 45.6. The number of likely N-dealkylation sites (N-methyl/N-ethyl adjacent to an activating group) is 1. The summed E-state index contributed by atoms with van der Waals surface area (Å²) in [5.74, 6) is -2.26. The largest absolute Gasteiger partial charge is 0.545 e. The van der Waals surface area contributed by atoms with Crippen LogP contribution in [0.3, 0.4) is 0 Å². The SMILES string of the molecule is CC/C=C\C/C=C\C/C=C\C/C=C\C/C=C\C/C=C\CCCCCCCCCCCCCCCCCCCCC(=O)OC(COC(=O)CCCCCCCCCCCCCCCCCCCCC/C=C\C/C=C\CCCCCCC)COC(OCC[N+](C)(C)C)C(=O)[O-]. The maximum Gasteiger partial charge on any atom is 0.306 e. The highest BCUT2D eigenvalue weighted by Crippen LogP contribution is 2.19. The minimum Gasteiger partial charge on any atom is -0.545 e. The number of rotatable bonds is 73. The van der Waals surface area contributed by atoms with E-state index >= 15 is 0 Å². The lowest BCUT2D eigenvalue weighted by molar-refractivity contribution is -0.870. The van der Waals surface area contributed by atoms with Crippen molar-refractivity contribution in [1.82, 2.24) is 0 Å². The molecule has 0 saturated heterocycles. The summed E-state index contributed by atoms with van der Waals surface area (Å²) in [5, 5.41) is 11.9. The number of esters is 2. The van der Waals surface area contributed by atoms with Crippen molar-refractivity contribution >= 4 is 17.9 Å². The molecule has 0 N–H and O–H groups in total. The summed E-state index contributed by atoms with van der Waals surface area (Å²) in [6.45, 7) is 4.67. The molecule has 0 rings (SSSR count). The van der Waals surface area contributed by atoms with Gasteiger partial charge in [-0.15, -0.1) is 0 Å². The molecule has 0 aromatic rings. The van der Waals surface area contributed by atoms with E-state index in [2.05, 4.69) is 111 Å². The number of quaternary nitrogens is 1. The summed E-state index contributed by atoms with van der Waals surface area (Å²) in [6.07, 6.45) is 99.5. The Morgan fingerprint density at radius 2 is 0.613 bits per heavy atom. The van der Waals surface area contributed by atoms with Crippen molar-refractivity contribution in [3.8, 4) is 0 Å². The van der Waals surface area contributed by atoms with Crippen molar-refractivity contribution in [1.29, 1.82) is 0 Å². The fourth-order valence-corrected chi connectivity index (χ4v) is 11.3. The van der Waals surface area contributed by atoms with Gasteiger partial charge in [0.2, 0.25) is 0 Å². The second-order valence-corrected chi connectivity index (χ2v) is 27.6. The number of carbonyl (C=O) groups is 3. The Hall–Kier alpha value is -3.79. The highest BCUT2D eigenvalue weighted by molar-refractivity contribution is 5.70. The second kappa shape index (κ2) is 74.0. The number of aliphatic carboxylic acids is 1. The number of carboxylic acids is 1. The van der Waals surface area contributed by atoms with Gasteiger partial charge in [0.25, 0.3) is 0 Å². The fourth-order valence-electron chi connectivity index (χ4n) is 11.3. The average Bonchev–Trinajstić information content (AvgIpc) is 3.73. The molecule has 2 atom stereocenters. The molecular formula is C84H149NO8. The lowest BCUT2D eigenvalue weighted by Gasteiger charge is -2.26. The lowest BCUT2D eigenvalue weighted by Crippen LogP contribution is -2.44. The van der Waals surface area contributed by atoms with E-state index in [0.29, 0.717) is 23.9 Å². The van der Waals surface area contributed by atoms with Crippen LogP contribution in [0.2, 0.25) is 0 Å². The first-order valence-corrected chi connectivity index (χ1v) is 39.4. The summed E-state index contributed by atoms with van der Waals surface area (Å²) in [7, 11) is 5.94. The summed E-state index contributed by atoms with van der Waals surface area (Å²) in [4.78, 5) is 37.6. The fraction of sp³-hybridized carbons (Fsp3) is 0.774. The predicted molar refractivity (Wildman–Crippen MR) is 398 cm³/mol. The van der Waals surface area contributed by atoms with Crippen molar-refractivity contribution in [2.24, 2.45) is 0 Å². The molecule has 0 aromatic heterocycles. The molecule has 0 radical (unpaired) electrons. The third kappa shape index (κ3) is 75.5. The van der Waals surface area contributed by atoms with Crippen molar-refractivity contribution in [2.45, 2.75) is 373 Å². The molecule has 0 aromatic carbocycles. The van der Waals surface area contributed by atoms with Gasteiger partial charge in [-0.05, 0) is 96.3 Å². The van der Waals surface area contributed by atoms with E-state index in [0.717, 1.165) is 77.0 Å². The van der Waals surface area contributed by atoms with Crippen LogP contribution in [0.1, 0.15) is 361 Å². The molecule has 0 aliphatic heterocycles. The van der Waals surface area contributed by atoms with Crippen LogP contribution in [0.5, 0.6) is 0 Å². The van der Waals surface area contributed by atoms with Crippen molar-refractivity contribution in [3.05, 3.63) is 97.2 Å². The van der Waals surface area contributed by atoms with Gasteiger partial charge in [0.1, 0.15) is 13.2 Å². The molecule has 0 aliphatic rings. The third-order valence-electron chi connectivity index (χ3n) is 17.3. The molecule has 0 bridgehead atoms. The van der Waals surface area contributed by atoms with Gasteiger partial charge in [-0.3, -0.25) is 9.59 Å². The molecule has 2 unspecified atom stereocenters. The molecule has 538 valence electrons. The van der Waals surface area contributed by atoms with E-state index in [1.165, 1.54) is 250 Å². The van der Waals surface area contributed by atoms with E-state index in [1.807, 2.05) is 21.1 Å². The van der Waals surface area contributed by atoms with E-state index < -0.39 is 24.3 Å². The number of hydrogen-bond donors (Lipinski definition) is 0. The average molecular weight is 1300 g/mol. The molecule has 93 heavy (non-hydrogen) atoms. The number of ether oxygens (including phenoxy) is 4. The number of nitrogens with zero attached hydrogens (tertiary/aromatic N) is 1. The molecule has 0 heterocycles. The second-order valence-electron chi connectivity index (χ2n) is 27.6. The van der Waals surface area contributed by atoms with Crippen molar-refractivity contribution < 1.29 is 42.9 Å². The monoisotopic (exact) mass is 1300 g/mol. The Bertz CT molecular complexity index is 1850. The number of unbranched alkanes of at least 4 members (excludes halogenated alkanes) is 42. The number of carbonyl (C=O) groups excluding carboxylic acids is 3. The Balaban J connectivity index is 4.02. The van der Waals surface area contributed by atoms with Crippen LogP contribution in [-0.4, -0.2) is 82.3 Å². The Morgan fingerprint density at radius 3 is 0.914 bits per heavy atom. The Labute approximate surface area is 575 Å². The van der Waals surface area contributed by atoms with E-state index in [-0.39, 0.29) is 32.2 Å². The standard InChI is InChI=1S/C84H149NO8/c1-6-8-10-12-14-16-18-20-22-24-26-28-30-32-34-36-38-39-40-41-42-43-45-47-49-51-53-55-57-59-61-63-65-67-69-71-73-75-82(87)93-80(79-92-84(83(88)89)90-77-76-85(3,4)5)78-91-81(86)74-72-70-68-66-64-62-60-58-56-54-52-50-48-46-44-37-35-33-31-29-27-25-23-21-19-17-15-13-11-9-7-2/h8,10,14,16,19-22,25-28,32,34,38-39,80,84H,6-7,9,11-13,15,17-18,23-24,29-31,33,35-37,40-79H2,1-5H3/b10-8-,16-14-,21-19-,22-20-,27-25-,28-26-,34-32-,39-38-. The topological polar surface area (TPSA) is 111 Å². The summed E-state index contributed by atoms with van der Waals surface area (Å²) in [6, 6.07) is 0. The zero-order valence-electron chi connectivity index (χ0n) is 61.6. The first kappa shape index (κ1) is 89.2. The van der Waals surface area contributed by atoms with E-state index in [9.17, 15) is 19.5 Å². The van der Waals surface area contributed by atoms with Crippen LogP contribution in [0.25, 0.3) is 0 Å². The van der Waals surface area contributed by atoms with E-state index in [4.69, 9.17) is 18.9 Å². The molecular weight excluding hydrogens is 1150 g/mol. The number of allylic oxidation sites excluding steroid dienone is 16. The molecule has 0 amide bonds. The Morgan fingerprint density at radius 1 is 0.333 bits per heavy atom. The third-order valence-corrected chi connectivity index (χ3v) is 17.3. The quantitative estimate of drug-likeness (QED) is 0.0195. The molecule has 0 aliphatic carbocycles. The van der Waals surface area contributed by atoms with Crippen LogP contribution in [0, 0.1) is 0 Å². The highest BCUT2D eigenvalue weighted by Gasteiger charge is 2.22. The molecule has 9 heteroatoms. The Kier molecular flexibility index (Phi) is 71.0. The molecule has 0 saturated carbocycles. The summed E-state index contributed by atoms with van der Waals surface area (Å²) >= 11 is 0. The predicted octanol–water partition coefficient (Wildman–Crippen LogP) is 23.8. The van der Waals surface area contributed by atoms with E-state index in [1.54, 1.807) is 0 Å².